The maximum atomic E-state index is 16.0. The third-order valence-electron chi connectivity index (χ3n) is 10.3. The lowest BCUT2D eigenvalue weighted by Gasteiger charge is -2.41. The summed E-state index contributed by atoms with van der Waals surface area (Å²) in [5.41, 5.74) is 6.70. The molecule has 1 atom stereocenters. The number of amides is 4. The van der Waals surface area contributed by atoms with Gasteiger partial charge >= 0.3 is 0 Å². The van der Waals surface area contributed by atoms with Gasteiger partial charge in [0.05, 0.1) is 23.2 Å². The number of hydrogen-bond donors (Lipinski definition) is 1. The number of ether oxygens (including phenoxy) is 1. The van der Waals surface area contributed by atoms with Crippen LogP contribution in [0, 0.1) is 17.1 Å². The first-order valence-corrected chi connectivity index (χ1v) is 17.4. The third kappa shape index (κ3) is 6.83. The number of nitriles is 1. The Balaban J connectivity index is 0.958. The van der Waals surface area contributed by atoms with Crippen molar-refractivity contribution in [3.05, 3.63) is 81.3 Å². The van der Waals surface area contributed by atoms with E-state index in [-0.39, 0.29) is 54.3 Å². The molecule has 4 aliphatic rings. The molecule has 15 heteroatoms. The van der Waals surface area contributed by atoms with Crippen LogP contribution in [0.2, 0.25) is 5.02 Å². The number of nitrogens with two attached hydrogens (primary N) is 1. The molecule has 7 rings (SSSR count). The van der Waals surface area contributed by atoms with Crippen LogP contribution in [-0.2, 0) is 22.7 Å². The summed E-state index contributed by atoms with van der Waals surface area (Å²) in [6.45, 7) is 2.85. The van der Waals surface area contributed by atoms with Crippen LogP contribution in [0.15, 0.2) is 42.5 Å². The first-order valence-electron chi connectivity index (χ1n) is 17.1. The van der Waals surface area contributed by atoms with Gasteiger partial charge in [-0.2, -0.15) is 5.26 Å². The molecule has 1 unspecified atom stereocenters. The molecule has 1 aliphatic carbocycles. The number of halogens is 2. The van der Waals surface area contributed by atoms with E-state index in [2.05, 4.69) is 15.1 Å². The number of benzene rings is 2. The second-order valence-corrected chi connectivity index (χ2v) is 13.8. The van der Waals surface area contributed by atoms with Crippen molar-refractivity contribution in [2.45, 2.75) is 69.8 Å². The van der Waals surface area contributed by atoms with Crippen LogP contribution in [0.1, 0.15) is 76.1 Å². The second-order valence-electron chi connectivity index (χ2n) is 13.4. The number of carbonyl (C=O) groups is 4. The van der Waals surface area contributed by atoms with E-state index in [9.17, 15) is 19.2 Å². The van der Waals surface area contributed by atoms with Crippen molar-refractivity contribution in [1.29, 1.82) is 5.26 Å². The van der Waals surface area contributed by atoms with E-state index in [1.807, 2.05) is 11.0 Å². The molecule has 1 aromatic heterocycles. The van der Waals surface area contributed by atoms with Gasteiger partial charge in [-0.3, -0.25) is 29.0 Å². The Hall–Kier alpha value is -5.13. The van der Waals surface area contributed by atoms with Gasteiger partial charge in [0.25, 0.3) is 17.7 Å². The molecular formula is C36H36ClFN8O5. The zero-order valence-electron chi connectivity index (χ0n) is 27.8. The number of aromatic nitrogens is 2. The SMILES string of the molecule is N#Cc1ccc(OC2CCC(N3C(=O)CCC(N4Cc5c(ccc(CN6CCN(c7ccc(C(N)=O)nn7)CC6)c5F)C4=O)C3=O)CC2)cc1Cl. The van der Waals surface area contributed by atoms with Crippen LogP contribution in [0.25, 0.3) is 0 Å². The maximum Gasteiger partial charge on any atom is 0.269 e. The summed E-state index contributed by atoms with van der Waals surface area (Å²) in [4.78, 5) is 58.8. The lowest BCUT2D eigenvalue weighted by molar-refractivity contribution is -0.156. The molecule has 2 N–H and O–H groups in total. The average Bonchev–Trinajstić information content (AvgIpc) is 3.47. The van der Waals surface area contributed by atoms with Gasteiger partial charge in [-0.05, 0) is 62.4 Å². The number of imide groups is 1. The molecule has 264 valence electrons. The van der Waals surface area contributed by atoms with Gasteiger partial charge in [-0.25, -0.2) is 4.39 Å². The number of piperidine rings is 1. The Morgan fingerprint density at radius 3 is 2.43 bits per heavy atom. The molecule has 0 bridgehead atoms. The molecule has 3 aliphatic heterocycles. The van der Waals surface area contributed by atoms with Crippen molar-refractivity contribution in [2.75, 3.05) is 31.1 Å². The highest BCUT2D eigenvalue weighted by Gasteiger charge is 2.46. The standard InChI is InChI=1S/C36H36ClFN8O5/c37-28-17-25(5-1-21(28)18-39)51-24-6-3-23(4-7-24)46-32(47)12-10-30(36(46)50)45-20-27-26(35(45)49)8-2-22(33(27)38)19-43-13-15-44(16-14-43)31-11-9-29(34(40)48)41-42-31/h1-2,5,8-9,11,17,23-24,30H,3-4,6-7,10,12-16,19-20H2,(H2,40,48). The highest BCUT2D eigenvalue weighted by Crippen LogP contribution is 2.35. The molecule has 0 radical (unpaired) electrons. The minimum Gasteiger partial charge on any atom is -0.490 e. The number of primary amides is 1. The normalized spacial score (nSPS) is 22.6. The number of piperazine rings is 1. The molecule has 0 spiro atoms. The molecule has 13 nitrogen and oxygen atoms in total. The molecule has 3 fully saturated rings. The largest absolute Gasteiger partial charge is 0.490 e. The lowest BCUT2D eigenvalue weighted by atomic mass is 9.89. The van der Waals surface area contributed by atoms with E-state index in [0.717, 1.165) is 0 Å². The number of anilines is 1. The van der Waals surface area contributed by atoms with Crippen molar-refractivity contribution < 1.29 is 28.3 Å². The van der Waals surface area contributed by atoms with E-state index >= 15 is 4.39 Å². The minimum atomic E-state index is -0.853. The Bertz CT molecular complexity index is 1920. The fourth-order valence-corrected chi connectivity index (χ4v) is 7.74. The molecule has 2 saturated heterocycles. The van der Waals surface area contributed by atoms with E-state index in [0.29, 0.717) is 86.1 Å². The third-order valence-corrected chi connectivity index (χ3v) is 10.6. The van der Waals surface area contributed by atoms with Crippen molar-refractivity contribution in [1.82, 2.24) is 24.9 Å². The Kier molecular flexibility index (Phi) is 9.58. The summed E-state index contributed by atoms with van der Waals surface area (Å²) in [7, 11) is 0. The summed E-state index contributed by atoms with van der Waals surface area (Å²) >= 11 is 6.15. The molecule has 4 heterocycles. The van der Waals surface area contributed by atoms with Gasteiger partial charge in [0.1, 0.15) is 23.7 Å². The summed E-state index contributed by atoms with van der Waals surface area (Å²) in [5.74, 6) is -0.980. The fraction of sp³-hybridized carbons (Fsp3) is 0.417. The highest BCUT2D eigenvalue weighted by molar-refractivity contribution is 6.31. The van der Waals surface area contributed by atoms with Gasteiger partial charge in [0.15, 0.2) is 11.5 Å². The first kappa shape index (κ1) is 34.3. The zero-order valence-corrected chi connectivity index (χ0v) is 28.5. The Morgan fingerprint density at radius 1 is 1.00 bits per heavy atom. The van der Waals surface area contributed by atoms with Crippen molar-refractivity contribution in [2.24, 2.45) is 5.73 Å². The van der Waals surface area contributed by atoms with Crippen LogP contribution in [-0.4, -0.2) is 92.9 Å². The summed E-state index contributed by atoms with van der Waals surface area (Å²) in [6, 6.07) is 12.3. The topological polar surface area (TPSA) is 166 Å². The summed E-state index contributed by atoms with van der Waals surface area (Å²) in [6.07, 6.45) is 2.50. The second kappa shape index (κ2) is 14.2. The van der Waals surface area contributed by atoms with Crippen LogP contribution < -0.4 is 15.4 Å². The number of rotatable bonds is 8. The fourth-order valence-electron chi connectivity index (χ4n) is 7.53. The lowest BCUT2D eigenvalue weighted by Crippen LogP contribution is -2.58. The maximum absolute atomic E-state index is 16.0. The van der Waals surface area contributed by atoms with Gasteiger partial charge in [-0.1, -0.05) is 17.7 Å². The average molecular weight is 715 g/mol. The molecule has 3 aromatic rings. The molecule has 1 saturated carbocycles. The predicted molar refractivity (Wildman–Crippen MR) is 182 cm³/mol. The first-order chi connectivity index (χ1) is 24.6. The molecular weight excluding hydrogens is 679 g/mol. The number of hydrogen-bond acceptors (Lipinski definition) is 10. The monoisotopic (exact) mass is 714 g/mol. The number of fused-ring (bicyclic) bond motifs is 1. The van der Waals surface area contributed by atoms with Crippen LogP contribution >= 0.6 is 11.6 Å². The van der Waals surface area contributed by atoms with Crippen LogP contribution in [0.3, 0.4) is 0 Å². The van der Waals surface area contributed by atoms with Crippen molar-refractivity contribution in [3.8, 4) is 11.8 Å². The van der Waals surface area contributed by atoms with E-state index in [1.54, 1.807) is 36.4 Å². The zero-order chi connectivity index (χ0) is 35.8. The van der Waals surface area contributed by atoms with E-state index in [4.69, 9.17) is 27.3 Å². The summed E-state index contributed by atoms with van der Waals surface area (Å²) in [5, 5.41) is 17.4. The smallest absolute Gasteiger partial charge is 0.269 e. The van der Waals surface area contributed by atoms with E-state index in [1.165, 1.54) is 15.9 Å². The Morgan fingerprint density at radius 2 is 1.76 bits per heavy atom. The molecule has 51 heavy (non-hydrogen) atoms. The number of likely N-dealkylation sites (tertiary alicyclic amines) is 1. The van der Waals surface area contributed by atoms with Crippen LogP contribution in [0.4, 0.5) is 10.2 Å². The minimum absolute atomic E-state index is 0.0340. The van der Waals surface area contributed by atoms with Crippen LogP contribution in [0.5, 0.6) is 5.75 Å². The summed E-state index contributed by atoms with van der Waals surface area (Å²) < 4.78 is 22.1. The van der Waals surface area contributed by atoms with Gasteiger partial charge in [-0.15, -0.1) is 10.2 Å². The van der Waals surface area contributed by atoms with Gasteiger partial charge in [0.2, 0.25) is 5.91 Å². The Labute approximate surface area is 298 Å². The number of carbonyl (C=O) groups excluding carboxylic acids is 4. The molecule has 2 aromatic carbocycles. The van der Waals surface area contributed by atoms with Crippen molar-refractivity contribution >= 4 is 41.0 Å². The number of nitrogens with zero attached hydrogens (tertiary/aromatic N) is 7. The predicted octanol–water partition coefficient (Wildman–Crippen LogP) is 3.43. The highest BCUT2D eigenvalue weighted by atomic mass is 35.5. The van der Waals surface area contributed by atoms with Gasteiger partial charge in [0, 0.05) is 67.9 Å². The van der Waals surface area contributed by atoms with Crippen molar-refractivity contribution in [3.63, 3.8) is 0 Å². The van der Waals surface area contributed by atoms with Gasteiger partial charge < -0.3 is 20.3 Å². The molecule has 4 amide bonds. The quantitative estimate of drug-likeness (QED) is 0.342. The van der Waals surface area contributed by atoms with E-state index < -0.39 is 29.6 Å².